The van der Waals surface area contributed by atoms with Gasteiger partial charge in [0, 0.05) is 5.56 Å². The van der Waals surface area contributed by atoms with Crippen molar-refractivity contribution in [2.45, 2.75) is 6.04 Å². The van der Waals surface area contributed by atoms with Crippen molar-refractivity contribution in [2.75, 3.05) is 12.3 Å². The van der Waals surface area contributed by atoms with Crippen LogP contribution in [0.5, 0.6) is 0 Å². The lowest BCUT2D eigenvalue weighted by molar-refractivity contribution is 0.265. The molecule has 0 amide bonds. The number of anilines is 1. The van der Waals surface area contributed by atoms with Crippen LogP contribution < -0.4 is 11.5 Å². The second-order valence-corrected chi connectivity index (χ2v) is 2.54. The molecule has 0 aromatic heterocycles. The molecular formula is C8H11FN2O. The highest BCUT2D eigenvalue weighted by Crippen LogP contribution is 2.19. The van der Waals surface area contributed by atoms with E-state index in [4.69, 9.17) is 16.6 Å². The van der Waals surface area contributed by atoms with E-state index in [0.29, 0.717) is 0 Å². The summed E-state index contributed by atoms with van der Waals surface area (Å²) in [7, 11) is 0. The van der Waals surface area contributed by atoms with Crippen molar-refractivity contribution < 1.29 is 9.50 Å². The van der Waals surface area contributed by atoms with E-state index in [-0.39, 0.29) is 17.9 Å². The van der Waals surface area contributed by atoms with Crippen LogP contribution >= 0.6 is 0 Å². The molecule has 1 rings (SSSR count). The Morgan fingerprint density at radius 1 is 1.50 bits per heavy atom. The number of aliphatic hydroxyl groups is 1. The number of benzene rings is 1. The minimum Gasteiger partial charge on any atom is -0.396 e. The van der Waals surface area contributed by atoms with Crippen LogP contribution in [-0.4, -0.2) is 11.7 Å². The first kappa shape index (κ1) is 8.96. The molecule has 0 bridgehead atoms. The molecule has 66 valence electrons. The highest BCUT2D eigenvalue weighted by molar-refractivity contribution is 5.43. The van der Waals surface area contributed by atoms with E-state index in [0.717, 1.165) is 0 Å². The fourth-order valence-electron chi connectivity index (χ4n) is 0.953. The average molecular weight is 170 g/mol. The summed E-state index contributed by atoms with van der Waals surface area (Å²) in [5.41, 5.74) is 11.0. The van der Waals surface area contributed by atoms with Gasteiger partial charge in [-0.25, -0.2) is 4.39 Å². The first-order valence-electron chi connectivity index (χ1n) is 3.57. The smallest absolute Gasteiger partial charge is 0.150 e. The normalized spacial score (nSPS) is 12.9. The summed E-state index contributed by atoms with van der Waals surface area (Å²) in [6, 6.07) is 3.85. The molecule has 4 heteroatoms. The van der Waals surface area contributed by atoms with Crippen molar-refractivity contribution in [3.63, 3.8) is 0 Å². The van der Waals surface area contributed by atoms with Crippen molar-refractivity contribution in [3.05, 3.63) is 29.6 Å². The Morgan fingerprint density at radius 2 is 2.17 bits per heavy atom. The number of halogens is 1. The van der Waals surface area contributed by atoms with E-state index < -0.39 is 11.9 Å². The second-order valence-electron chi connectivity index (χ2n) is 2.54. The Kier molecular flexibility index (Phi) is 2.62. The van der Waals surface area contributed by atoms with Gasteiger partial charge in [0.2, 0.25) is 0 Å². The van der Waals surface area contributed by atoms with Crippen molar-refractivity contribution in [1.29, 1.82) is 0 Å². The predicted octanol–water partition coefficient (Wildman–Crippen LogP) is 0.400. The summed E-state index contributed by atoms with van der Waals surface area (Å²) in [6.07, 6.45) is 0. The minimum absolute atomic E-state index is 0.0522. The lowest BCUT2D eigenvalue weighted by atomic mass is 10.1. The van der Waals surface area contributed by atoms with Gasteiger partial charge in [0.25, 0.3) is 0 Å². The van der Waals surface area contributed by atoms with Gasteiger partial charge in [0.1, 0.15) is 0 Å². The summed E-state index contributed by atoms with van der Waals surface area (Å²) in [5, 5.41) is 8.67. The van der Waals surface area contributed by atoms with Crippen LogP contribution in [0.15, 0.2) is 18.2 Å². The zero-order valence-electron chi connectivity index (χ0n) is 6.50. The van der Waals surface area contributed by atoms with Crippen LogP contribution in [0.2, 0.25) is 0 Å². The zero-order chi connectivity index (χ0) is 9.14. The van der Waals surface area contributed by atoms with Gasteiger partial charge < -0.3 is 16.6 Å². The SMILES string of the molecule is Nc1cccc([C@@H](N)CO)c1F. The predicted molar refractivity (Wildman–Crippen MR) is 44.8 cm³/mol. The van der Waals surface area contributed by atoms with Crippen LogP contribution in [0.3, 0.4) is 0 Å². The first-order valence-corrected chi connectivity index (χ1v) is 3.57. The van der Waals surface area contributed by atoms with Crippen molar-refractivity contribution in [1.82, 2.24) is 0 Å². The molecule has 0 spiro atoms. The Morgan fingerprint density at radius 3 is 2.75 bits per heavy atom. The summed E-state index contributed by atoms with van der Waals surface area (Å²) >= 11 is 0. The summed E-state index contributed by atoms with van der Waals surface area (Å²) in [5.74, 6) is -0.543. The maximum atomic E-state index is 13.1. The molecule has 1 aromatic rings. The largest absolute Gasteiger partial charge is 0.396 e. The van der Waals surface area contributed by atoms with Crippen molar-refractivity contribution in [3.8, 4) is 0 Å². The van der Waals surface area contributed by atoms with E-state index in [9.17, 15) is 4.39 Å². The molecule has 12 heavy (non-hydrogen) atoms. The standard InChI is InChI=1S/C8H11FN2O/c9-8-5(7(11)4-12)2-1-3-6(8)10/h1-3,7,12H,4,10-11H2/t7-/m0/s1. The fraction of sp³-hybridized carbons (Fsp3) is 0.250. The topological polar surface area (TPSA) is 72.3 Å². The van der Waals surface area contributed by atoms with Crippen LogP contribution in [0.1, 0.15) is 11.6 Å². The van der Waals surface area contributed by atoms with Gasteiger partial charge in [0.15, 0.2) is 5.82 Å². The van der Waals surface area contributed by atoms with E-state index in [2.05, 4.69) is 0 Å². The molecule has 0 radical (unpaired) electrons. The maximum absolute atomic E-state index is 13.1. The number of hydrogen-bond donors (Lipinski definition) is 3. The van der Waals surface area contributed by atoms with Crippen LogP contribution in [-0.2, 0) is 0 Å². The van der Waals surface area contributed by atoms with Gasteiger partial charge in [-0.2, -0.15) is 0 Å². The Bertz CT molecular complexity index is 278. The van der Waals surface area contributed by atoms with Gasteiger partial charge in [-0.3, -0.25) is 0 Å². The van der Waals surface area contributed by atoms with Crippen LogP contribution in [0, 0.1) is 5.82 Å². The highest BCUT2D eigenvalue weighted by Gasteiger charge is 2.11. The molecule has 0 aliphatic rings. The Labute approximate surface area is 69.8 Å². The number of hydrogen-bond acceptors (Lipinski definition) is 3. The first-order chi connectivity index (χ1) is 5.66. The highest BCUT2D eigenvalue weighted by atomic mass is 19.1. The van der Waals surface area contributed by atoms with Gasteiger partial charge in [-0.1, -0.05) is 12.1 Å². The number of nitrogen functional groups attached to an aromatic ring is 1. The summed E-state index contributed by atoms with van der Waals surface area (Å²) in [4.78, 5) is 0. The number of aliphatic hydroxyl groups excluding tert-OH is 1. The fourth-order valence-corrected chi connectivity index (χ4v) is 0.953. The third kappa shape index (κ3) is 1.54. The summed E-state index contributed by atoms with van der Waals surface area (Å²) < 4.78 is 13.1. The Balaban J connectivity index is 3.07. The van der Waals surface area contributed by atoms with Gasteiger partial charge in [-0.05, 0) is 6.07 Å². The molecule has 0 fully saturated rings. The van der Waals surface area contributed by atoms with Crippen LogP contribution in [0.25, 0.3) is 0 Å². The zero-order valence-corrected chi connectivity index (χ0v) is 6.50. The molecule has 5 N–H and O–H groups in total. The lowest BCUT2D eigenvalue weighted by Crippen LogP contribution is -2.16. The Hall–Kier alpha value is -1.13. The van der Waals surface area contributed by atoms with Gasteiger partial charge in [-0.15, -0.1) is 0 Å². The molecule has 0 unspecified atom stereocenters. The monoisotopic (exact) mass is 170 g/mol. The number of nitrogens with two attached hydrogens (primary N) is 2. The van der Waals surface area contributed by atoms with Crippen LogP contribution in [0.4, 0.5) is 10.1 Å². The molecule has 1 atom stereocenters. The molecule has 0 aliphatic heterocycles. The number of rotatable bonds is 2. The third-order valence-corrected chi connectivity index (χ3v) is 1.65. The second kappa shape index (κ2) is 3.51. The summed E-state index contributed by atoms with van der Waals surface area (Å²) in [6.45, 7) is -0.291. The average Bonchev–Trinajstić information content (AvgIpc) is 2.08. The van der Waals surface area contributed by atoms with E-state index >= 15 is 0 Å². The molecule has 0 heterocycles. The molecule has 0 saturated heterocycles. The molecule has 0 aliphatic carbocycles. The minimum atomic E-state index is -0.700. The maximum Gasteiger partial charge on any atom is 0.150 e. The van der Waals surface area contributed by atoms with Gasteiger partial charge in [0.05, 0.1) is 18.3 Å². The van der Waals surface area contributed by atoms with Gasteiger partial charge >= 0.3 is 0 Å². The molecule has 0 saturated carbocycles. The molecule has 3 nitrogen and oxygen atoms in total. The van der Waals surface area contributed by atoms with E-state index in [1.165, 1.54) is 12.1 Å². The van der Waals surface area contributed by atoms with E-state index in [1.54, 1.807) is 6.07 Å². The van der Waals surface area contributed by atoms with Crippen molar-refractivity contribution in [2.24, 2.45) is 5.73 Å². The molecular weight excluding hydrogens is 159 g/mol. The lowest BCUT2D eigenvalue weighted by Gasteiger charge is -2.10. The third-order valence-electron chi connectivity index (χ3n) is 1.65. The van der Waals surface area contributed by atoms with Crippen molar-refractivity contribution >= 4 is 5.69 Å². The molecule has 1 aromatic carbocycles. The van der Waals surface area contributed by atoms with E-state index in [1.807, 2.05) is 0 Å². The quantitative estimate of drug-likeness (QED) is 0.562.